The summed E-state index contributed by atoms with van der Waals surface area (Å²) in [7, 11) is 0. The van der Waals surface area contributed by atoms with E-state index in [1.807, 2.05) is 0 Å². The van der Waals surface area contributed by atoms with Gasteiger partial charge in [0.2, 0.25) is 0 Å². The fourth-order valence-electron chi connectivity index (χ4n) is 1.93. The lowest BCUT2D eigenvalue weighted by Crippen LogP contribution is -2.18. The molecule has 0 aliphatic rings. The maximum absolute atomic E-state index is 13.7. The van der Waals surface area contributed by atoms with E-state index >= 15 is 0 Å². The molecular weight excluding hydrogens is 244 g/mol. The number of carbonyl (C=O) groups is 1. The molecule has 18 heavy (non-hydrogen) atoms. The number of aryl methyl sites for hydroxylation is 1. The van der Waals surface area contributed by atoms with E-state index in [1.54, 1.807) is 6.92 Å². The van der Waals surface area contributed by atoms with Crippen LogP contribution in [0.2, 0.25) is 0 Å². The van der Waals surface area contributed by atoms with Gasteiger partial charge in [-0.1, -0.05) is 0 Å². The minimum Gasteiger partial charge on any atom is -0.477 e. The van der Waals surface area contributed by atoms with Crippen LogP contribution in [0, 0.1) is 11.6 Å². The average Bonchev–Trinajstić information content (AvgIpc) is 2.29. The van der Waals surface area contributed by atoms with Gasteiger partial charge in [0.05, 0.1) is 10.9 Å². The van der Waals surface area contributed by atoms with Crippen molar-refractivity contribution in [2.45, 2.75) is 13.5 Å². The van der Waals surface area contributed by atoms with Gasteiger partial charge in [-0.15, -0.1) is 0 Å². The molecular formula is C12H9F2NO3. The molecule has 2 aromatic rings. The topological polar surface area (TPSA) is 59.3 Å². The lowest BCUT2D eigenvalue weighted by atomic mass is 10.1. The number of hydrogen-bond acceptors (Lipinski definition) is 2. The van der Waals surface area contributed by atoms with Gasteiger partial charge in [0.25, 0.3) is 0 Å². The van der Waals surface area contributed by atoms with Crippen LogP contribution < -0.4 is 5.43 Å². The molecule has 0 saturated heterocycles. The first-order valence-corrected chi connectivity index (χ1v) is 5.21. The van der Waals surface area contributed by atoms with Crippen LogP contribution in [0.4, 0.5) is 8.78 Å². The van der Waals surface area contributed by atoms with Gasteiger partial charge in [0.1, 0.15) is 11.5 Å². The second-order valence-electron chi connectivity index (χ2n) is 3.73. The van der Waals surface area contributed by atoms with Crippen LogP contribution in [-0.2, 0) is 6.54 Å². The molecule has 94 valence electrons. The Kier molecular flexibility index (Phi) is 2.86. The Morgan fingerprint density at radius 1 is 1.33 bits per heavy atom. The van der Waals surface area contributed by atoms with E-state index in [4.69, 9.17) is 5.11 Å². The number of halogens is 2. The van der Waals surface area contributed by atoms with Crippen molar-refractivity contribution >= 4 is 16.9 Å². The van der Waals surface area contributed by atoms with Gasteiger partial charge < -0.3 is 9.67 Å². The number of nitrogens with zero attached hydrogens (tertiary/aromatic N) is 1. The van der Waals surface area contributed by atoms with Gasteiger partial charge in [0, 0.05) is 18.7 Å². The van der Waals surface area contributed by atoms with Gasteiger partial charge in [0.15, 0.2) is 11.2 Å². The monoisotopic (exact) mass is 253 g/mol. The number of rotatable bonds is 2. The van der Waals surface area contributed by atoms with Crippen LogP contribution in [0.15, 0.2) is 23.0 Å². The van der Waals surface area contributed by atoms with Crippen molar-refractivity contribution in [1.82, 2.24) is 4.57 Å². The molecule has 0 saturated carbocycles. The standard InChI is InChI=1S/C12H9F2NO3/c1-2-15-9(12(17)18)5-10(16)7-3-6(13)4-8(14)11(7)15/h3-5H,2H2,1H3,(H,17,18). The summed E-state index contributed by atoms with van der Waals surface area (Å²) >= 11 is 0. The summed E-state index contributed by atoms with van der Waals surface area (Å²) in [5.74, 6) is -3.16. The predicted molar refractivity (Wildman–Crippen MR) is 60.8 cm³/mol. The summed E-state index contributed by atoms with van der Waals surface area (Å²) in [6, 6.07) is 2.39. The van der Waals surface area contributed by atoms with Gasteiger partial charge in [-0.25, -0.2) is 13.6 Å². The highest BCUT2D eigenvalue weighted by molar-refractivity contribution is 5.90. The van der Waals surface area contributed by atoms with Crippen molar-refractivity contribution in [2.75, 3.05) is 0 Å². The molecule has 1 aromatic heterocycles. The third-order valence-corrected chi connectivity index (χ3v) is 2.66. The van der Waals surface area contributed by atoms with E-state index in [1.165, 1.54) is 0 Å². The summed E-state index contributed by atoms with van der Waals surface area (Å²) < 4.78 is 27.9. The van der Waals surface area contributed by atoms with Crippen molar-refractivity contribution in [2.24, 2.45) is 0 Å². The lowest BCUT2D eigenvalue weighted by Gasteiger charge is -2.12. The molecule has 0 amide bonds. The first-order chi connectivity index (χ1) is 8.45. The summed E-state index contributed by atoms with van der Waals surface area (Å²) in [6.45, 7) is 1.76. The number of carboxylic acid groups (broad SMARTS) is 1. The molecule has 0 spiro atoms. The van der Waals surface area contributed by atoms with Crippen molar-refractivity contribution in [1.29, 1.82) is 0 Å². The molecule has 0 radical (unpaired) electrons. The average molecular weight is 253 g/mol. The second kappa shape index (κ2) is 4.21. The zero-order chi connectivity index (χ0) is 13.4. The van der Waals surface area contributed by atoms with Crippen LogP contribution in [0.25, 0.3) is 10.9 Å². The summed E-state index contributed by atoms with van der Waals surface area (Å²) in [4.78, 5) is 22.7. The number of hydrogen-bond donors (Lipinski definition) is 1. The Bertz CT molecular complexity index is 707. The molecule has 6 heteroatoms. The Labute approximate surface area is 100 Å². The summed E-state index contributed by atoms with van der Waals surface area (Å²) in [5.41, 5.74) is -1.23. The zero-order valence-corrected chi connectivity index (χ0v) is 9.41. The maximum Gasteiger partial charge on any atom is 0.352 e. The number of fused-ring (bicyclic) bond motifs is 1. The molecule has 1 heterocycles. The predicted octanol–water partition coefficient (Wildman–Crippen LogP) is 2.00. The fourth-order valence-corrected chi connectivity index (χ4v) is 1.93. The molecule has 1 aromatic carbocycles. The fraction of sp³-hybridized carbons (Fsp3) is 0.167. The van der Waals surface area contributed by atoms with E-state index in [2.05, 4.69) is 0 Å². The van der Waals surface area contributed by atoms with E-state index in [0.29, 0.717) is 6.07 Å². The van der Waals surface area contributed by atoms with Gasteiger partial charge >= 0.3 is 5.97 Å². The van der Waals surface area contributed by atoms with Crippen molar-refractivity contribution < 1.29 is 18.7 Å². The van der Waals surface area contributed by atoms with Crippen LogP contribution in [0.3, 0.4) is 0 Å². The molecule has 0 unspecified atom stereocenters. The van der Waals surface area contributed by atoms with Crippen LogP contribution in [-0.4, -0.2) is 15.6 Å². The Hall–Kier alpha value is -2.24. The Balaban J connectivity index is 3.05. The van der Waals surface area contributed by atoms with Gasteiger partial charge in [-0.2, -0.15) is 0 Å². The highest BCUT2D eigenvalue weighted by atomic mass is 19.1. The number of aromatic carboxylic acids is 1. The third kappa shape index (κ3) is 1.75. The lowest BCUT2D eigenvalue weighted by molar-refractivity contribution is 0.0685. The Morgan fingerprint density at radius 2 is 2.00 bits per heavy atom. The smallest absolute Gasteiger partial charge is 0.352 e. The normalized spacial score (nSPS) is 10.8. The summed E-state index contributed by atoms with van der Waals surface area (Å²) in [6.07, 6.45) is 0. The number of pyridine rings is 1. The highest BCUT2D eigenvalue weighted by Gasteiger charge is 2.17. The molecule has 0 bridgehead atoms. The van der Waals surface area contributed by atoms with Crippen LogP contribution in [0.5, 0.6) is 0 Å². The van der Waals surface area contributed by atoms with E-state index in [0.717, 1.165) is 16.7 Å². The Morgan fingerprint density at radius 3 is 2.56 bits per heavy atom. The molecule has 0 fully saturated rings. The van der Waals surface area contributed by atoms with Crippen molar-refractivity contribution in [3.8, 4) is 0 Å². The van der Waals surface area contributed by atoms with E-state index in [-0.39, 0.29) is 23.1 Å². The number of aromatic nitrogens is 1. The third-order valence-electron chi connectivity index (χ3n) is 2.66. The maximum atomic E-state index is 13.7. The first-order valence-electron chi connectivity index (χ1n) is 5.21. The van der Waals surface area contributed by atoms with Crippen molar-refractivity contribution in [3.63, 3.8) is 0 Å². The van der Waals surface area contributed by atoms with Gasteiger partial charge in [-0.3, -0.25) is 4.79 Å². The molecule has 0 aliphatic heterocycles. The number of carboxylic acids is 1. The number of benzene rings is 1. The molecule has 0 atom stereocenters. The molecule has 2 rings (SSSR count). The van der Waals surface area contributed by atoms with Gasteiger partial charge in [-0.05, 0) is 13.0 Å². The highest BCUT2D eigenvalue weighted by Crippen LogP contribution is 2.19. The van der Waals surface area contributed by atoms with E-state index < -0.39 is 23.0 Å². The van der Waals surface area contributed by atoms with E-state index in [9.17, 15) is 18.4 Å². The zero-order valence-electron chi connectivity index (χ0n) is 9.41. The molecule has 1 N–H and O–H groups in total. The molecule has 0 aliphatic carbocycles. The summed E-state index contributed by atoms with van der Waals surface area (Å²) in [5, 5.41) is 8.80. The first kappa shape index (κ1) is 12.2. The van der Waals surface area contributed by atoms with Crippen LogP contribution >= 0.6 is 0 Å². The van der Waals surface area contributed by atoms with Crippen molar-refractivity contribution in [3.05, 3.63) is 45.8 Å². The molecule has 4 nitrogen and oxygen atoms in total. The minimum atomic E-state index is -1.33. The largest absolute Gasteiger partial charge is 0.477 e. The second-order valence-corrected chi connectivity index (χ2v) is 3.73. The minimum absolute atomic E-state index is 0.154. The SMILES string of the molecule is CCn1c(C(=O)O)cc(=O)c2cc(F)cc(F)c21. The van der Waals surface area contributed by atoms with Crippen LogP contribution in [0.1, 0.15) is 17.4 Å². The quantitative estimate of drug-likeness (QED) is 0.890.